The number of carbonyl (C=O) groups excluding carboxylic acids is 1. The van der Waals surface area contributed by atoms with Gasteiger partial charge in [0.1, 0.15) is 5.54 Å². The summed E-state index contributed by atoms with van der Waals surface area (Å²) >= 11 is 1.84. The van der Waals surface area contributed by atoms with E-state index in [1.807, 2.05) is 55.9 Å². The first kappa shape index (κ1) is 17.1. The molecule has 112 valence electrons. The third-order valence-corrected chi connectivity index (χ3v) is 4.06. The van der Waals surface area contributed by atoms with Crippen LogP contribution in [-0.4, -0.2) is 30.6 Å². The molecule has 0 spiro atoms. The Morgan fingerprint density at radius 1 is 1.35 bits per heavy atom. The zero-order valence-corrected chi connectivity index (χ0v) is 13.6. The van der Waals surface area contributed by atoms with E-state index in [0.29, 0.717) is 0 Å². The van der Waals surface area contributed by atoms with E-state index in [4.69, 9.17) is 4.74 Å². The van der Waals surface area contributed by atoms with Crippen LogP contribution in [0.1, 0.15) is 32.8 Å². The minimum atomic E-state index is -0.758. The molecule has 0 fully saturated rings. The predicted octanol–water partition coefficient (Wildman–Crippen LogP) is 3.20. The number of esters is 1. The Kier molecular flexibility index (Phi) is 7.10. The average Bonchev–Trinajstić information content (AvgIpc) is 2.46. The Morgan fingerprint density at radius 2 is 2.00 bits per heavy atom. The predicted molar refractivity (Wildman–Crippen MR) is 86.0 cm³/mol. The third-order valence-electron chi connectivity index (χ3n) is 3.16. The molecule has 1 N–H and O–H groups in total. The molecule has 0 heterocycles. The van der Waals surface area contributed by atoms with Gasteiger partial charge in [0.2, 0.25) is 0 Å². The lowest BCUT2D eigenvalue weighted by molar-refractivity contribution is -0.149. The van der Waals surface area contributed by atoms with E-state index in [1.165, 1.54) is 7.11 Å². The van der Waals surface area contributed by atoms with Gasteiger partial charge in [-0.05, 0) is 37.3 Å². The highest BCUT2D eigenvalue weighted by Crippen LogP contribution is 2.29. The monoisotopic (exact) mass is 295 g/mol. The standard InChI is InChI=1S/C16H25NO2S/c1-5-20-12-11-16(15(18)19-4,17-13(2)3)14-9-7-6-8-10-14/h6-10,13,17H,5,11-12H2,1-4H3. The second-order valence-electron chi connectivity index (χ2n) is 5.01. The van der Waals surface area contributed by atoms with E-state index < -0.39 is 5.54 Å². The first-order valence-corrected chi connectivity index (χ1v) is 8.21. The highest BCUT2D eigenvalue weighted by atomic mass is 32.2. The molecule has 3 nitrogen and oxygen atoms in total. The number of hydrogen-bond acceptors (Lipinski definition) is 4. The van der Waals surface area contributed by atoms with Crippen LogP contribution in [-0.2, 0) is 15.1 Å². The number of nitrogens with one attached hydrogen (secondary N) is 1. The van der Waals surface area contributed by atoms with Gasteiger partial charge in [0.15, 0.2) is 0 Å². The second kappa shape index (κ2) is 8.32. The fourth-order valence-electron chi connectivity index (χ4n) is 2.34. The summed E-state index contributed by atoms with van der Waals surface area (Å²) in [5.41, 5.74) is 0.212. The first-order valence-electron chi connectivity index (χ1n) is 7.06. The zero-order chi connectivity index (χ0) is 15.0. The summed E-state index contributed by atoms with van der Waals surface area (Å²) in [5, 5.41) is 3.43. The molecule has 0 saturated heterocycles. The minimum absolute atomic E-state index is 0.195. The summed E-state index contributed by atoms with van der Waals surface area (Å²) in [4.78, 5) is 12.5. The van der Waals surface area contributed by atoms with Crippen LogP contribution in [0.5, 0.6) is 0 Å². The van der Waals surface area contributed by atoms with Crippen molar-refractivity contribution in [2.24, 2.45) is 0 Å². The van der Waals surface area contributed by atoms with Crippen molar-refractivity contribution in [3.8, 4) is 0 Å². The van der Waals surface area contributed by atoms with Crippen molar-refractivity contribution in [1.82, 2.24) is 5.32 Å². The normalized spacial score (nSPS) is 14.1. The minimum Gasteiger partial charge on any atom is -0.467 e. The fraction of sp³-hybridized carbons (Fsp3) is 0.562. The van der Waals surface area contributed by atoms with Crippen molar-refractivity contribution in [1.29, 1.82) is 0 Å². The second-order valence-corrected chi connectivity index (χ2v) is 6.40. The van der Waals surface area contributed by atoms with E-state index in [9.17, 15) is 4.79 Å². The van der Waals surface area contributed by atoms with Crippen LogP contribution in [0.25, 0.3) is 0 Å². The number of benzene rings is 1. The Morgan fingerprint density at radius 3 is 2.50 bits per heavy atom. The number of hydrogen-bond donors (Lipinski definition) is 1. The van der Waals surface area contributed by atoms with Gasteiger partial charge in [-0.15, -0.1) is 0 Å². The summed E-state index contributed by atoms with van der Waals surface area (Å²) < 4.78 is 5.09. The molecule has 0 aliphatic rings. The molecule has 0 aliphatic heterocycles. The molecule has 1 aromatic rings. The summed E-state index contributed by atoms with van der Waals surface area (Å²) in [6.45, 7) is 6.23. The Hall–Kier alpha value is -1.00. The van der Waals surface area contributed by atoms with Crippen molar-refractivity contribution >= 4 is 17.7 Å². The summed E-state index contributed by atoms with van der Waals surface area (Å²) in [5.74, 6) is 1.75. The molecule has 1 rings (SSSR count). The molecule has 4 heteroatoms. The van der Waals surface area contributed by atoms with Crippen LogP contribution in [0, 0.1) is 0 Å². The Labute approximate surface area is 126 Å². The lowest BCUT2D eigenvalue weighted by atomic mass is 9.86. The quantitative estimate of drug-likeness (QED) is 0.590. The molecule has 1 aromatic carbocycles. The maximum atomic E-state index is 12.5. The van der Waals surface area contributed by atoms with Crippen LogP contribution >= 0.6 is 11.8 Å². The summed E-state index contributed by atoms with van der Waals surface area (Å²) in [6.07, 6.45) is 0.723. The Balaban J connectivity index is 3.14. The molecule has 1 atom stereocenters. The van der Waals surface area contributed by atoms with Gasteiger partial charge in [-0.25, -0.2) is 4.79 Å². The number of rotatable bonds is 8. The molecule has 0 radical (unpaired) electrons. The largest absolute Gasteiger partial charge is 0.467 e. The van der Waals surface area contributed by atoms with Crippen molar-refractivity contribution in [2.45, 2.75) is 38.8 Å². The highest BCUT2D eigenvalue weighted by Gasteiger charge is 2.41. The van der Waals surface area contributed by atoms with Crippen LogP contribution in [0.15, 0.2) is 30.3 Å². The van der Waals surface area contributed by atoms with E-state index in [-0.39, 0.29) is 12.0 Å². The molecule has 0 aromatic heterocycles. The maximum Gasteiger partial charge on any atom is 0.330 e. The van der Waals surface area contributed by atoms with Crippen LogP contribution in [0.3, 0.4) is 0 Å². The topological polar surface area (TPSA) is 38.3 Å². The van der Waals surface area contributed by atoms with E-state index in [1.54, 1.807) is 0 Å². The molecule has 0 aliphatic carbocycles. The number of ether oxygens (including phenoxy) is 1. The summed E-state index contributed by atoms with van der Waals surface area (Å²) in [7, 11) is 1.45. The van der Waals surface area contributed by atoms with E-state index in [2.05, 4.69) is 12.2 Å². The maximum absolute atomic E-state index is 12.5. The van der Waals surface area contributed by atoms with Gasteiger partial charge in [-0.2, -0.15) is 11.8 Å². The molecule has 20 heavy (non-hydrogen) atoms. The van der Waals surface area contributed by atoms with Crippen LogP contribution < -0.4 is 5.32 Å². The van der Waals surface area contributed by atoms with Crippen LogP contribution in [0.2, 0.25) is 0 Å². The average molecular weight is 295 g/mol. The van der Waals surface area contributed by atoms with E-state index in [0.717, 1.165) is 23.5 Å². The molecule has 1 unspecified atom stereocenters. The molecular weight excluding hydrogens is 270 g/mol. The molecular formula is C16H25NO2S. The van der Waals surface area contributed by atoms with Gasteiger partial charge in [-0.3, -0.25) is 5.32 Å². The van der Waals surface area contributed by atoms with Gasteiger partial charge in [-0.1, -0.05) is 37.3 Å². The molecule has 0 saturated carbocycles. The van der Waals surface area contributed by atoms with Gasteiger partial charge in [0, 0.05) is 6.04 Å². The van der Waals surface area contributed by atoms with Crippen molar-refractivity contribution < 1.29 is 9.53 Å². The van der Waals surface area contributed by atoms with Crippen molar-refractivity contribution in [2.75, 3.05) is 18.6 Å². The van der Waals surface area contributed by atoms with E-state index >= 15 is 0 Å². The van der Waals surface area contributed by atoms with Gasteiger partial charge in [0.05, 0.1) is 7.11 Å². The van der Waals surface area contributed by atoms with Crippen LogP contribution in [0.4, 0.5) is 0 Å². The molecule has 0 bridgehead atoms. The smallest absolute Gasteiger partial charge is 0.330 e. The SMILES string of the molecule is CCSCCC(NC(C)C)(C(=O)OC)c1ccccc1. The number of carbonyl (C=O) groups is 1. The zero-order valence-electron chi connectivity index (χ0n) is 12.8. The van der Waals surface area contributed by atoms with Gasteiger partial charge >= 0.3 is 5.97 Å². The molecule has 0 amide bonds. The Bertz CT molecular complexity index is 408. The van der Waals surface area contributed by atoms with Crippen molar-refractivity contribution in [3.05, 3.63) is 35.9 Å². The van der Waals surface area contributed by atoms with Gasteiger partial charge < -0.3 is 4.74 Å². The fourth-order valence-corrected chi connectivity index (χ4v) is 3.08. The lowest BCUT2D eigenvalue weighted by Crippen LogP contribution is -2.53. The lowest BCUT2D eigenvalue weighted by Gasteiger charge is -2.34. The first-order chi connectivity index (χ1) is 9.56. The van der Waals surface area contributed by atoms with Crippen molar-refractivity contribution in [3.63, 3.8) is 0 Å². The number of methoxy groups -OCH3 is 1. The summed E-state index contributed by atoms with van der Waals surface area (Å²) in [6, 6.07) is 10.1. The third kappa shape index (κ3) is 4.25. The van der Waals surface area contributed by atoms with Gasteiger partial charge in [0.25, 0.3) is 0 Å². The highest BCUT2D eigenvalue weighted by molar-refractivity contribution is 7.99. The number of thioether (sulfide) groups is 1.